The number of rotatable bonds is 7. The van der Waals surface area contributed by atoms with Gasteiger partial charge in [0, 0.05) is 35.2 Å². The minimum absolute atomic E-state index is 0.00852. The monoisotopic (exact) mass is 504 g/mol. The molecule has 0 spiro atoms. The highest BCUT2D eigenvalue weighted by Gasteiger charge is 2.15. The van der Waals surface area contributed by atoms with Gasteiger partial charge in [-0.15, -0.1) is 0 Å². The fraction of sp³-hybridized carbons (Fsp3) is 0.133. The molecule has 0 aliphatic carbocycles. The lowest BCUT2D eigenvalue weighted by molar-refractivity contribution is -0.116. The third-order valence-electron chi connectivity index (χ3n) is 6.62. The standard InChI is InChI=1S/C30H25FN6O/c1-2-3-4-28(38)34-22-13-20(16-32-17-22)19-7-10-26-25(14-19)29(37-36-26)27-15-24-23(11-12-33-30(24)35-27)18-5-8-21(31)9-6-18/h5-17H,2-4H2,1H3,(H,33,35)(H,34,38)(H,36,37). The number of nitrogens with zero attached hydrogens (tertiary/aromatic N) is 3. The number of amides is 1. The third kappa shape index (κ3) is 4.52. The predicted octanol–water partition coefficient (Wildman–Crippen LogP) is 7.10. The molecule has 3 N–H and O–H groups in total. The van der Waals surface area contributed by atoms with Crippen LogP contribution in [0.3, 0.4) is 0 Å². The van der Waals surface area contributed by atoms with Crippen molar-refractivity contribution in [3.63, 3.8) is 0 Å². The summed E-state index contributed by atoms with van der Waals surface area (Å²) in [5.41, 5.74) is 7.60. The van der Waals surface area contributed by atoms with E-state index in [0.29, 0.717) is 12.1 Å². The van der Waals surface area contributed by atoms with Gasteiger partial charge >= 0.3 is 0 Å². The molecule has 0 fully saturated rings. The molecule has 4 aromatic heterocycles. The highest BCUT2D eigenvalue weighted by Crippen LogP contribution is 2.35. The van der Waals surface area contributed by atoms with Gasteiger partial charge in [0.05, 0.1) is 23.1 Å². The summed E-state index contributed by atoms with van der Waals surface area (Å²) >= 11 is 0. The Morgan fingerprint density at radius 3 is 2.63 bits per heavy atom. The molecule has 0 atom stereocenters. The van der Waals surface area contributed by atoms with Crippen molar-refractivity contribution in [3.05, 3.63) is 85.1 Å². The van der Waals surface area contributed by atoms with E-state index < -0.39 is 0 Å². The zero-order valence-corrected chi connectivity index (χ0v) is 20.8. The van der Waals surface area contributed by atoms with Crippen molar-refractivity contribution in [2.75, 3.05) is 5.32 Å². The molecular weight excluding hydrogens is 479 g/mol. The van der Waals surface area contributed by atoms with Crippen molar-refractivity contribution >= 4 is 33.5 Å². The van der Waals surface area contributed by atoms with Gasteiger partial charge in [-0.05, 0) is 65.6 Å². The van der Waals surface area contributed by atoms with Crippen LogP contribution in [-0.4, -0.2) is 31.1 Å². The fourth-order valence-electron chi connectivity index (χ4n) is 4.66. The van der Waals surface area contributed by atoms with Gasteiger partial charge < -0.3 is 10.3 Å². The van der Waals surface area contributed by atoms with Gasteiger partial charge in [-0.25, -0.2) is 9.37 Å². The molecule has 0 unspecified atom stereocenters. The summed E-state index contributed by atoms with van der Waals surface area (Å²) in [6, 6.07) is 18.4. The number of carbonyl (C=O) groups excluding carboxylic acids is 1. The van der Waals surface area contributed by atoms with Gasteiger partial charge in [0.15, 0.2) is 0 Å². The molecule has 8 heteroatoms. The van der Waals surface area contributed by atoms with E-state index in [0.717, 1.165) is 68.4 Å². The topological polar surface area (TPSA) is 99.3 Å². The molecule has 7 nitrogen and oxygen atoms in total. The van der Waals surface area contributed by atoms with E-state index in [-0.39, 0.29) is 11.7 Å². The summed E-state index contributed by atoms with van der Waals surface area (Å²) in [7, 11) is 0. The van der Waals surface area contributed by atoms with Crippen LogP contribution >= 0.6 is 0 Å². The lowest BCUT2D eigenvalue weighted by atomic mass is 10.0. The van der Waals surface area contributed by atoms with Crippen molar-refractivity contribution in [3.8, 4) is 33.6 Å². The second kappa shape index (κ2) is 9.89. The van der Waals surface area contributed by atoms with Gasteiger partial charge in [0.2, 0.25) is 5.91 Å². The van der Waals surface area contributed by atoms with E-state index in [1.54, 1.807) is 30.7 Å². The summed E-state index contributed by atoms with van der Waals surface area (Å²) in [6.45, 7) is 2.06. The summed E-state index contributed by atoms with van der Waals surface area (Å²) in [5, 5.41) is 12.5. The van der Waals surface area contributed by atoms with Gasteiger partial charge in [-0.3, -0.25) is 14.9 Å². The molecule has 6 aromatic rings. The normalized spacial score (nSPS) is 11.3. The number of carbonyl (C=O) groups is 1. The maximum atomic E-state index is 13.5. The SMILES string of the molecule is CCCCC(=O)Nc1cncc(-c2ccc3[nH]nc(-c4cc5c(-c6ccc(F)cc6)ccnc5[nH]4)c3c2)c1. The second-order valence-corrected chi connectivity index (χ2v) is 9.26. The molecule has 0 saturated heterocycles. The van der Waals surface area contributed by atoms with Crippen molar-refractivity contribution in [2.45, 2.75) is 26.2 Å². The number of aromatic amines is 2. The Kier molecular flexibility index (Phi) is 6.13. The first-order valence-electron chi connectivity index (χ1n) is 12.6. The Morgan fingerprint density at radius 1 is 0.947 bits per heavy atom. The molecular formula is C30H25FN6O. The van der Waals surface area contributed by atoms with Gasteiger partial charge in [-0.1, -0.05) is 31.5 Å². The number of halogens is 1. The average Bonchev–Trinajstić information content (AvgIpc) is 3.56. The lowest BCUT2D eigenvalue weighted by Gasteiger charge is -2.07. The largest absolute Gasteiger partial charge is 0.338 e. The highest BCUT2D eigenvalue weighted by atomic mass is 19.1. The fourth-order valence-corrected chi connectivity index (χ4v) is 4.66. The first kappa shape index (κ1) is 23.5. The van der Waals surface area contributed by atoms with Gasteiger partial charge in [0.25, 0.3) is 0 Å². The number of benzene rings is 2. The highest BCUT2D eigenvalue weighted by molar-refractivity contribution is 6.00. The van der Waals surface area contributed by atoms with Gasteiger partial charge in [-0.2, -0.15) is 5.10 Å². The first-order valence-corrected chi connectivity index (χ1v) is 12.6. The molecule has 1 amide bonds. The molecule has 6 rings (SSSR count). The Balaban J connectivity index is 1.37. The third-order valence-corrected chi connectivity index (χ3v) is 6.62. The number of H-pyrrole nitrogens is 2. The maximum Gasteiger partial charge on any atom is 0.224 e. The molecule has 0 saturated carbocycles. The Morgan fingerprint density at radius 2 is 1.79 bits per heavy atom. The number of nitrogens with one attached hydrogen (secondary N) is 3. The van der Waals surface area contributed by atoms with Crippen molar-refractivity contribution in [1.82, 2.24) is 25.1 Å². The molecule has 4 heterocycles. The molecule has 0 aliphatic rings. The minimum atomic E-state index is -0.271. The lowest BCUT2D eigenvalue weighted by Crippen LogP contribution is -2.11. The van der Waals surface area contributed by atoms with Crippen LogP contribution < -0.4 is 5.32 Å². The molecule has 0 aliphatic heterocycles. The van der Waals surface area contributed by atoms with Crippen LogP contribution in [0.25, 0.3) is 55.6 Å². The number of hydrogen-bond donors (Lipinski definition) is 3. The summed E-state index contributed by atoms with van der Waals surface area (Å²) in [6.07, 6.45) is 7.50. The quantitative estimate of drug-likeness (QED) is 0.216. The number of unbranched alkanes of at least 4 members (excludes halogenated alkanes) is 1. The van der Waals surface area contributed by atoms with E-state index in [1.807, 2.05) is 30.3 Å². The van der Waals surface area contributed by atoms with E-state index >= 15 is 0 Å². The van der Waals surface area contributed by atoms with Crippen LogP contribution in [0.15, 0.2) is 79.3 Å². The number of fused-ring (bicyclic) bond motifs is 2. The summed E-state index contributed by atoms with van der Waals surface area (Å²) in [5.74, 6) is -0.280. The maximum absolute atomic E-state index is 13.5. The zero-order chi connectivity index (χ0) is 26.1. The molecule has 0 radical (unpaired) electrons. The smallest absolute Gasteiger partial charge is 0.224 e. The van der Waals surface area contributed by atoms with E-state index in [1.165, 1.54) is 12.1 Å². The number of hydrogen-bond acceptors (Lipinski definition) is 4. The van der Waals surface area contributed by atoms with Crippen molar-refractivity contribution < 1.29 is 9.18 Å². The zero-order valence-electron chi connectivity index (χ0n) is 20.8. The van der Waals surface area contributed by atoms with E-state index in [2.05, 4.69) is 43.5 Å². The van der Waals surface area contributed by atoms with Crippen LogP contribution in [0.5, 0.6) is 0 Å². The Bertz CT molecular complexity index is 1770. The molecule has 38 heavy (non-hydrogen) atoms. The van der Waals surface area contributed by atoms with Crippen LogP contribution in [0.1, 0.15) is 26.2 Å². The Hall–Kier alpha value is -4.85. The van der Waals surface area contributed by atoms with Gasteiger partial charge in [0.1, 0.15) is 17.2 Å². The number of aromatic nitrogens is 5. The average molecular weight is 505 g/mol. The van der Waals surface area contributed by atoms with Crippen LogP contribution in [0, 0.1) is 5.82 Å². The summed E-state index contributed by atoms with van der Waals surface area (Å²) < 4.78 is 13.5. The van der Waals surface area contributed by atoms with Crippen molar-refractivity contribution in [1.29, 1.82) is 0 Å². The Labute approximate surface area is 218 Å². The summed E-state index contributed by atoms with van der Waals surface area (Å²) in [4.78, 5) is 24.4. The second-order valence-electron chi connectivity index (χ2n) is 9.26. The van der Waals surface area contributed by atoms with E-state index in [9.17, 15) is 9.18 Å². The van der Waals surface area contributed by atoms with Crippen molar-refractivity contribution in [2.24, 2.45) is 0 Å². The number of anilines is 1. The first-order chi connectivity index (χ1) is 18.6. The minimum Gasteiger partial charge on any atom is -0.338 e. The van der Waals surface area contributed by atoms with Crippen LogP contribution in [-0.2, 0) is 4.79 Å². The van der Waals surface area contributed by atoms with Crippen LogP contribution in [0.2, 0.25) is 0 Å². The van der Waals surface area contributed by atoms with E-state index in [4.69, 9.17) is 0 Å². The molecule has 188 valence electrons. The predicted molar refractivity (Wildman–Crippen MR) is 148 cm³/mol. The van der Waals surface area contributed by atoms with Crippen LogP contribution in [0.4, 0.5) is 10.1 Å². The molecule has 2 aromatic carbocycles. The molecule has 0 bridgehead atoms. The number of pyridine rings is 2.